The summed E-state index contributed by atoms with van der Waals surface area (Å²) in [4.78, 5) is 15.0. The quantitative estimate of drug-likeness (QED) is 0.716. The number of carbonyl (C=O) groups excluding carboxylic acids is 1. The molecule has 4 nitrogen and oxygen atoms in total. The van der Waals surface area contributed by atoms with Crippen molar-refractivity contribution in [3.05, 3.63) is 60.2 Å². The van der Waals surface area contributed by atoms with E-state index in [1.54, 1.807) is 24.3 Å². The first-order valence-corrected chi connectivity index (χ1v) is 9.69. The van der Waals surface area contributed by atoms with Crippen molar-refractivity contribution < 1.29 is 18.3 Å². The minimum atomic E-state index is -2.53. The van der Waals surface area contributed by atoms with Crippen LogP contribution in [-0.4, -0.2) is 42.4 Å². The predicted octanol–water partition coefficient (Wildman–Crippen LogP) is 4.23. The molecule has 1 aliphatic heterocycles. The standard InChI is InChI=1S/C20H22F2N2O2S/c21-20(22)27-18-9-5-4-8-17(18)23-19(25)12-16-14-24(10-11-26-16)13-15-6-2-1-3-7-15/h1-9,16,20H,10-14H2,(H,23,25). The number of hydrogen-bond donors (Lipinski definition) is 1. The number of para-hydroxylation sites is 1. The molecule has 7 heteroatoms. The van der Waals surface area contributed by atoms with Gasteiger partial charge in [0.1, 0.15) is 0 Å². The number of carbonyl (C=O) groups is 1. The second-order valence-corrected chi connectivity index (χ2v) is 7.37. The Morgan fingerprint density at radius 3 is 2.70 bits per heavy atom. The first-order valence-electron chi connectivity index (χ1n) is 8.82. The molecule has 0 radical (unpaired) electrons. The van der Waals surface area contributed by atoms with Gasteiger partial charge in [-0.2, -0.15) is 8.78 Å². The maximum absolute atomic E-state index is 12.7. The number of nitrogens with zero attached hydrogens (tertiary/aromatic N) is 1. The minimum Gasteiger partial charge on any atom is -0.375 e. The zero-order valence-electron chi connectivity index (χ0n) is 14.8. The third kappa shape index (κ3) is 6.30. The van der Waals surface area contributed by atoms with Crippen LogP contribution in [-0.2, 0) is 16.1 Å². The average Bonchev–Trinajstić information content (AvgIpc) is 2.64. The highest BCUT2D eigenvalue weighted by Crippen LogP contribution is 2.31. The molecule has 1 saturated heterocycles. The number of alkyl halides is 2. The van der Waals surface area contributed by atoms with E-state index in [9.17, 15) is 13.6 Å². The molecule has 2 aromatic rings. The molecule has 0 aromatic heterocycles. The van der Waals surface area contributed by atoms with Crippen molar-refractivity contribution in [2.24, 2.45) is 0 Å². The van der Waals surface area contributed by atoms with Gasteiger partial charge in [0.25, 0.3) is 5.76 Å². The Morgan fingerprint density at radius 2 is 1.93 bits per heavy atom. The lowest BCUT2D eigenvalue weighted by molar-refractivity contribution is -0.121. The molecule has 0 bridgehead atoms. The topological polar surface area (TPSA) is 41.6 Å². The number of hydrogen-bond acceptors (Lipinski definition) is 4. The van der Waals surface area contributed by atoms with Crippen LogP contribution in [0.15, 0.2) is 59.5 Å². The zero-order valence-corrected chi connectivity index (χ0v) is 15.6. The summed E-state index contributed by atoms with van der Waals surface area (Å²) < 4.78 is 31.0. The molecule has 1 unspecified atom stereocenters. The van der Waals surface area contributed by atoms with E-state index in [-0.39, 0.29) is 18.4 Å². The summed E-state index contributed by atoms with van der Waals surface area (Å²) in [5, 5.41) is 2.74. The van der Waals surface area contributed by atoms with Crippen LogP contribution < -0.4 is 5.32 Å². The van der Waals surface area contributed by atoms with E-state index < -0.39 is 5.76 Å². The number of morpholine rings is 1. The Kier molecular flexibility index (Phi) is 7.20. The van der Waals surface area contributed by atoms with E-state index in [0.717, 1.165) is 13.1 Å². The van der Waals surface area contributed by atoms with Crippen molar-refractivity contribution in [2.75, 3.05) is 25.0 Å². The molecule has 1 atom stereocenters. The van der Waals surface area contributed by atoms with Crippen LogP contribution in [0.25, 0.3) is 0 Å². The van der Waals surface area contributed by atoms with Crippen molar-refractivity contribution in [3.63, 3.8) is 0 Å². The van der Waals surface area contributed by atoms with Gasteiger partial charge in [-0.25, -0.2) is 0 Å². The van der Waals surface area contributed by atoms with E-state index in [0.29, 0.717) is 35.5 Å². The number of thioether (sulfide) groups is 1. The Balaban J connectivity index is 1.53. The summed E-state index contributed by atoms with van der Waals surface area (Å²) in [7, 11) is 0. The highest BCUT2D eigenvalue weighted by molar-refractivity contribution is 7.99. The third-order valence-electron chi connectivity index (χ3n) is 4.26. The monoisotopic (exact) mass is 392 g/mol. The molecule has 1 aliphatic rings. The van der Waals surface area contributed by atoms with Crippen LogP contribution >= 0.6 is 11.8 Å². The number of halogens is 2. The van der Waals surface area contributed by atoms with Gasteiger partial charge >= 0.3 is 0 Å². The van der Waals surface area contributed by atoms with Crippen molar-refractivity contribution >= 4 is 23.4 Å². The second kappa shape index (κ2) is 9.82. The molecule has 144 valence electrons. The largest absolute Gasteiger partial charge is 0.375 e. The van der Waals surface area contributed by atoms with Crippen LogP contribution in [0.3, 0.4) is 0 Å². The minimum absolute atomic E-state index is 0.193. The molecule has 0 spiro atoms. The van der Waals surface area contributed by atoms with Gasteiger partial charge in [-0.1, -0.05) is 54.2 Å². The zero-order chi connectivity index (χ0) is 19.1. The second-order valence-electron chi connectivity index (χ2n) is 6.34. The van der Waals surface area contributed by atoms with Gasteiger partial charge in [0.2, 0.25) is 5.91 Å². The van der Waals surface area contributed by atoms with Crippen LogP contribution in [0, 0.1) is 0 Å². The molecule has 0 aliphatic carbocycles. The summed E-state index contributed by atoms with van der Waals surface area (Å²) in [5.74, 6) is -2.76. The third-order valence-corrected chi connectivity index (χ3v) is 5.05. The van der Waals surface area contributed by atoms with Gasteiger partial charge in [0, 0.05) is 24.5 Å². The Morgan fingerprint density at radius 1 is 1.19 bits per heavy atom. The SMILES string of the molecule is O=C(CC1CN(Cc2ccccc2)CCO1)Nc1ccccc1SC(F)F. The smallest absolute Gasteiger partial charge is 0.288 e. The van der Waals surface area contributed by atoms with Crippen LogP contribution in [0.1, 0.15) is 12.0 Å². The fraction of sp³-hybridized carbons (Fsp3) is 0.350. The fourth-order valence-electron chi connectivity index (χ4n) is 3.07. The summed E-state index contributed by atoms with van der Waals surface area (Å²) in [6.07, 6.45) is -0.0173. The molecule has 1 N–H and O–H groups in total. The number of anilines is 1. The number of amides is 1. The van der Waals surface area contributed by atoms with Gasteiger partial charge in [0.05, 0.1) is 24.8 Å². The van der Waals surface area contributed by atoms with Crippen LogP contribution in [0.5, 0.6) is 0 Å². The number of rotatable bonds is 7. The maximum Gasteiger partial charge on any atom is 0.288 e. The Labute approximate surface area is 161 Å². The number of benzene rings is 2. The Hall–Kier alpha value is -1.96. The summed E-state index contributed by atoms with van der Waals surface area (Å²) >= 11 is 0.427. The summed E-state index contributed by atoms with van der Waals surface area (Å²) in [6.45, 7) is 2.87. The highest BCUT2D eigenvalue weighted by atomic mass is 32.2. The van der Waals surface area contributed by atoms with Gasteiger partial charge < -0.3 is 10.1 Å². The van der Waals surface area contributed by atoms with Crippen molar-refractivity contribution in [2.45, 2.75) is 29.7 Å². The molecular weight excluding hydrogens is 370 g/mol. The molecule has 27 heavy (non-hydrogen) atoms. The molecule has 0 saturated carbocycles. The van der Waals surface area contributed by atoms with Crippen molar-refractivity contribution in [1.82, 2.24) is 4.90 Å². The van der Waals surface area contributed by atoms with E-state index >= 15 is 0 Å². The molecular formula is C20H22F2N2O2S. The van der Waals surface area contributed by atoms with E-state index in [1.165, 1.54) is 5.56 Å². The normalized spacial score (nSPS) is 17.8. The van der Waals surface area contributed by atoms with Gasteiger partial charge in [-0.3, -0.25) is 9.69 Å². The maximum atomic E-state index is 12.7. The fourth-order valence-corrected chi connectivity index (χ4v) is 3.66. The average molecular weight is 392 g/mol. The van der Waals surface area contributed by atoms with Crippen molar-refractivity contribution in [1.29, 1.82) is 0 Å². The first-order chi connectivity index (χ1) is 13.1. The molecule has 3 rings (SSSR count). The molecule has 1 amide bonds. The van der Waals surface area contributed by atoms with Gasteiger partial charge in [-0.15, -0.1) is 0 Å². The molecule has 1 fully saturated rings. The van der Waals surface area contributed by atoms with Crippen LogP contribution in [0.4, 0.5) is 14.5 Å². The van der Waals surface area contributed by atoms with Gasteiger partial charge in [0.15, 0.2) is 0 Å². The molecule has 1 heterocycles. The van der Waals surface area contributed by atoms with Crippen molar-refractivity contribution in [3.8, 4) is 0 Å². The lowest BCUT2D eigenvalue weighted by Crippen LogP contribution is -2.43. The Bertz CT molecular complexity index is 746. The predicted molar refractivity (Wildman–Crippen MR) is 103 cm³/mol. The molecule has 2 aromatic carbocycles. The van der Waals surface area contributed by atoms with Crippen LogP contribution in [0.2, 0.25) is 0 Å². The first kappa shape index (κ1) is 19.8. The lowest BCUT2D eigenvalue weighted by atomic mass is 10.1. The lowest BCUT2D eigenvalue weighted by Gasteiger charge is -2.32. The van der Waals surface area contributed by atoms with E-state index in [1.807, 2.05) is 18.2 Å². The number of ether oxygens (including phenoxy) is 1. The number of nitrogens with one attached hydrogen (secondary N) is 1. The van der Waals surface area contributed by atoms with Gasteiger partial charge in [-0.05, 0) is 17.7 Å². The van der Waals surface area contributed by atoms with E-state index in [4.69, 9.17) is 4.74 Å². The summed E-state index contributed by atoms with van der Waals surface area (Å²) in [5.41, 5.74) is 1.63. The summed E-state index contributed by atoms with van der Waals surface area (Å²) in [6, 6.07) is 16.8. The highest BCUT2D eigenvalue weighted by Gasteiger charge is 2.23. The van der Waals surface area contributed by atoms with E-state index in [2.05, 4.69) is 22.3 Å².